The van der Waals surface area contributed by atoms with Gasteiger partial charge in [-0.15, -0.1) is 0 Å². The van der Waals surface area contributed by atoms with Crippen molar-refractivity contribution in [3.05, 3.63) is 63.5 Å². The summed E-state index contributed by atoms with van der Waals surface area (Å²) in [5.41, 5.74) is -4.09. The molecule has 9 heteroatoms. The molecule has 2 aliphatic heterocycles. The second-order valence-electron chi connectivity index (χ2n) is 6.52. The molecule has 5 rings (SSSR count). The van der Waals surface area contributed by atoms with E-state index in [4.69, 9.17) is 9.47 Å². The van der Waals surface area contributed by atoms with E-state index in [0.717, 1.165) is 13.9 Å². The molecule has 0 saturated carbocycles. The summed E-state index contributed by atoms with van der Waals surface area (Å²) >= 11 is 0. The van der Waals surface area contributed by atoms with Crippen LogP contribution in [0.15, 0.2) is 52.1 Å². The van der Waals surface area contributed by atoms with Gasteiger partial charge in [0.2, 0.25) is 0 Å². The summed E-state index contributed by atoms with van der Waals surface area (Å²) in [7, 11) is 2.42. The predicted octanol–water partition coefficient (Wildman–Crippen LogP) is -0.0991. The normalized spacial score (nSPS) is 25.1. The van der Waals surface area contributed by atoms with Crippen LogP contribution in [0.2, 0.25) is 0 Å². The summed E-state index contributed by atoms with van der Waals surface area (Å²) < 4.78 is 12.8. The maximum atomic E-state index is 13.2. The average Bonchev–Trinajstić information content (AvgIpc) is 3.01. The van der Waals surface area contributed by atoms with Gasteiger partial charge in [0.05, 0.1) is 19.9 Å². The molecule has 0 unspecified atom stereocenters. The second kappa shape index (κ2) is 5.57. The molecule has 0 amide bonds. The lowest BCUT2D eigenvalue weighted by molar-refractivity contribution is -0.161. The summed E-state index contributed by atoms with van der Waals surface area (Å²) in [6.45, 7) is 0. The van der Waals surface area contributed by atoms with Gasteiger partial charge in [-0.25, -0.2) is 33.1 Å². The summed E-state index contributed by atoms with van der Waals surface area (Å²) in [6, 6.07) is 8.31. The van der Waals surface area contributed by atoms with Crippen molar-refractivity contribution in [1.29, 1.82) is 0 Å². The zero-order valence-electron chi connectivity index (χ0n) is 14.7. The Morgan fingerprint density at radius 2 is 1.30 bits per heavy atom. The Bertz CT molecular complexity index is 1030. The fourth-order valence-corrected chi connectivity index (χ4v) is 3.98. The predicted molar refractivity (Wildman–Crippen MR) is 92.6 cm³/mol. The van der Waals surface area contributed by atoms with Gasteiger partial charge in [-0.2, -0.15) is 0 Å². The maximum absolute atomic E-state index is 13.2. The molecule has 1 aromatic heterocycles. The molecule has 0 spiro atoms. The first kappa shape index (κ1) is 17.1. The van der Waals surface area contributed by atoms with Crippen molar-refractivity contribution in [2.75, 3.05) is 14.2 Å². The van der Waals surface area contributed by atoms with E-state index in [0.29, 0.717) is 5.69 Å². The van der Waals surface area contributed by atoms with Crippen molar-refractivity contribution < 1.29 is 19.1 Å². The van der Waals surface area contributed by atoms with E-state index in [1.807, 2.05) is 0 Å². The van der Waals surface area contributed by atoms with Gasteiger partial charge in [0.15, 0.2) is 11.1 Å². The number of ether oxygens (including phenoxy) is 2. The highest BCUT2D eigenvalue weighted by Crippen LogP contribution is 2.43. The van der Waals surface area contributed by atoms with Crippen LogP contribution < -0.4 is 11.4 Å². The molecule has 0 N–H and O–H groups in total. The van der Waals surface area contributed by atoms with Gasteiger partial charge in [0.1, 0.15) is 0 Å². The van der Waals surface area contributed by atoms with Gasteiger partial charge in [0, 0.05) is 0 Å². The van der Waals surface area contributed by atoms with Crippen LogP contribution in [0.3, 0.4) is 0 Å². The monoisotopic (exact) mass is 371 g/mol. The molecule has 1 aromatic carbocycles. The average molecular weight is 371 g/mol. The highest BCUT2D eigenvalue weighted by atomic mass is 16.5. The molecular formula is C18H17N3O6. The van der Waals surface area contributed by atoms with Crippen molar-refractivity contribution in [3.8, 4) is 5.69 Å². The Hall–Kier alpha value is -3.36. The highest BCUT2D eigenvalue weighted by molar-refractivity contribution is 5.87. The van der Waals surface area contributed by atoms with Crippen molar-refractivity contribution in [2.45, 2.75) is 23.9 Å². The van der Waals surface area contributed by atoms with Gasteiger partial charge in [0.25, 0.3) is 0 Å². The fourth-order valence-electron chi connectivity index (χ4n) is 3.98. The van der Waals surface area contributed by atoms with Crippen molar-refractivity contribution in [2.24, 2.45) is 0 Å². The minimum Gasteiger partial charge on any atom is -0.467 e. The number of hydrogen-bond acceptors (Lipinski definition) is 6. The molecule has 2 bridgehead atoms. The van der Waals surface area contributed by atoms with E-state index in [9.17, 15) is 19.2 Å². The Balaban J connectivity index is 2.12. The summed E-state index contributed by atoms with van der Waals surface area (Å²) in [6.07, 6.45) is 3.16. The molecule has 3 aliphatic rings. The zero-order valence-corrected chi connectivity index (χ0v) is 14.7. The summed E-state index contributed by atoms with van der Waals surface area (Å²) in [5.74, 6) is -1.36. The first-order chi connectivity index (χ1) is 12.9. The van der Waals surface area contributed by atoms with E-state index >= 15 is 0 Å². The number of esters is 2. The zero-order chi connectivity index (χ0) is 19.4. The van der Waals surface area contributed by atoms with Gasteiger partial charge in [-0.05, 0) is 37.1 Å². The first-order valence-corrected chi connectivity index (χ1v) is 8.33. The summed E-state index contributed by atoms with van der Waals surface area (Å²) in [4.78, 5) is 51.6. The lowest BCUT2D eigenvalue weighted by atomic mass is 9.75. The lowest BCUT2D eigenvalue weighted by Crippen LogP contribution is -2.64. The molecule has 0 saturated heterocycles. The van der Waals surface area contributed by atoms with Crippen LogP contribution in [-0.2, 0) is 30.1 Å². The molecule has 2 aromatic rings. The molecule has 0 radical (unpaired) electrons. The third kappa shape index (κ3) is 1.93. The number of aromatic nitrogens is 3. The minimum atomic E-state index is -1.49. The number of benzene rings is 1. The largest absolute Gasteiger partial charge is 0.467 e. The molecular weight excluding hydrogens is 354 g/mol. The van der Waals surface area contributed by atoms with Crippen LogP contribution in [0.1, 0.15) is 12.8 Å². The van der Waals surface area contributed by atoms with Crippen LogP contribution in [0.25, 0.3) is 5.69 Å². The third-order valence-corrected chi connectivity index (χ3v) is 5.32. The van der Waals surface area contributed by atoms with E-state index in [2.05, 4.69) is 0 Å². The third-order valence-electron chi connectivity index (χ3n) is 5.32. The Kier molecular flexibility index (Phi) is 3.52. The highest BCUT2D eigenvalue weighted by Gasteiger charge is 2.59. The first-order valence-electron chi connectivity index (χ1n) is 8.33. The van der Waals surface area contributed by atoms with Crippen molar-refractivity contribution in [3.63, 3.8) is 0 Å². The number of nitrogens with zero attached hydrogens (tertiary/aromatic N) is 3. The van der Waals surface area contributed by atoms with Crippen molar-refractivity contribution in [1.82, 2.24) is 13.9 Å². The number of hydrogen-bond donors (Lipinski definition) is 0. The van der Waals surface area contributed by atoms with E-state index in [-0.39, 0.29) is 12.8 Å². The molecule has 140 valence electrons. The molecule has 0 fully saturated rings. The van der Waals surface area contributed by atoms with Crippen LogP contribution >= 0.6 is 0 Å². The Morgan fingerprint density at radius 1 is 0.852 bits per heavy atom. The molecule has 9 nitrogen and oxygen atoms in total. The van der Waals surface area contributed by atoms with Crippen LogP contribution in [-0.4, -0.2) is 40.1 Å². The Morgan fingerprint density at radius 3 is 1.67 bits per heavy atom. The SMILES string of the molecule is COC(=O)[C@@]12C=C[C@](C(=O)OC)(CC1)n1c(=O)n(-c3ccccc3)c(=O)n12. The number of rotatable bonds is 3. The van der Waals surface area contributed by atoms with Crippen LogP contribution in [0.4, 0.5) is 0 Å². The fraction of sp³-hybridized carbons (Fsp3) is 0.333. The Labute approximate surface area is 153 Å². The standard InChI is InChI=1S/C18H17N3O6/c1-26-13(22)17-8-10-18(11-9-17,14(23)27-2)21-16(25)19(15(24)20(17)21)12-6-4-3-5-7-12/h3-8,10H,9,11H2,1-2H3/t17-,18-/m1/s1. The lowest BCUT2D eigenvalue weighted by Gasteiger charge is -2.46. The van der Waals surface area contributed by atoms with E-state index in [1.54, 1.807) is 30.3 Å². The second-order valence-corrected chi connectivity index (χ2v) is 6.52. The van der Waals surface area contributed by atoms with Gasteiger partial charge in [-0.1, -0.05) is 18.2 Å². The van der Waals surface area contributed by atoms with E-state index < -0.39 is 34.4 Å². The van der Waals surface area contributed by atoms with Crippen LogP contribution in [0.5, 0.6) is 0 Å². The molecule has 1 aliphatic carbocycles. The summed E-state index contributed by atoms with van der Waals surface area (Å²) in [5, 5.41) is 0. The van der Waals surface area contributed by atoms with Crippen molar-refractivity contribution >= 4 is 11.9 Å². The number of para-hydroxylation sites is 1. The minimum absolute atomic E-state index is 0.128. The number of carbonyl (C=O) groups excluding carboxylic acids is 2. The topological polar surface area (TPSA) is 102 Å². The number of methoxy groups -OCH3 is 2. The molecule has 3 heterocycles. The van der Waals surface area contributed by atoms with Gasteiger partial charge >= 0.3 is 23.3 Å². The maximum Gasteiger partial charge on any atom is 0.353 e. The van der Waals surface area contributed by atoms with Gasteiger partial charge < -0.3 is 9.47 Å². The van der Waals surface area contributed by atoms with Crippen LogP contribution in [0, 0.1) is 0 Å². The van der Waals surface area contributed by atoms with E-state index in [1.165, 1.54) is 26.4 Å². The quantitative estimate of drug-likeness (QED) is 0.552. The molecule has 2 atom stereocenters. The smallest absolute Gasteiger partial charge is 0.353 e. The number of fused-ring (bicyclic) bond motifs is 1. The van der Waals surface area contributed by atoms with Gasteiger partial charge in [-0.3, -0.25) is 0 Å². The molecule has 27 heavy (non-hydrogen) atoms. The number of carbonyl (C=O) groups is 2.